The fraction of sp³-hybridized carbons (Fsp3) is 0.125. The number of phenols is 1. The molecule has 0 aliphatic carbocycles. The van der Waals surface area contributed by atoms with Crippen LogP contribution in [0.25, 0.3) is 0 Å². The quantitative estimate of drug-likeness (QED) is 0.566. The van der Waals surface area contributed by atoms with Crippen molar-refractivity contribution < 1.29 is 18.7 Å². The fourth-order valence-electron chi connectivity index (χ4n) is 0.905. The second kappa shape index (κ2) is 3.30. The lowest BCUT2D eigenvalue weighted by molar-refractivity contribution is 0.101. The van der Waals surface area contributed by atoms with Crippen LogP contribution in [0.3, 0.4) is 0 Å². The van der Waals surface area contributed by atoms with Crippen molar-refractivity contribution in [1.29, 1.82) is 0 Å². The van der Waals surface area contributed by atoms with Gasteiger partial charge >= 0.3 is 0 Å². The van der Waals surface area contributed by atoms with Crippen LogP contribution < -0.4 is 0 Å². The zero-order chi connectivity index (χ0) is 10.2. The summed E-state index contributed by atoms with van der Waals surface area (Å²) in [7, 11) is 0. The number of carbonyl (C=O) groups is 1. The number of rotatable bonds is 1. The summed E-state index contributed by atoms with van der Waals surface area (Å²) in [6.45, 7) is 1.01. The molecule has 2 nitrogen and oxygen atoms in total. The lowest BCUT2D eigenvalue weighted by Crippen LogP contribution is -2.02. The van der Waals surface area contributed by atoms with E-state index < -0.39 is 33.8 Å². The minimum atomic E-state index is -1.23. The number of phenolic OH excluding ortho intramolecular Hbond substituents is 1. The highest BCUT2D eigenvalue weighted by atomic mass is 35.5. The standard InChI is InChI=1S/C8H5ClF2O2/c1-3(12)6-4(10)2-5(13)7(9)8(6)11/h2,13H,1H3. The molecule has 0 saturated carbocycles. The van der Waals surface area contributed by atoms with Crippen molar-refractivity contribution in [3.63, 3.8) is 0 Å². The average molecular weight is 207 g/mol. The Hall–Kier alpha value is -1.16. The van der Waals surface area contributed by atoms with Crippen LogP contribution in [0.1, 0.15) is 17.3 Å². The van der Waals surface area contributed by atoms with Gasteiger partial charge in [0.05, 0.1) is 5.56 Å². The van der Waals surface area contributed by atoms with Crippen molar-refractivity contribution in [1.82, 2.24) is 0 Å². The van der Waals surface area contributed by atoms with E-state index in [0.29, 0.717) is 6.07 Å². The molecule has 1 aromatic rings. The number of carbonyl (C=O) groups excluding carboxylic acids is 1. The molecule has 0 heterocycles. The van der Waals surface area contributed by atoms with Gasteiger partial charge < -0.3 is 5.11 Å². The van der Waals surface area contributed by atoms with E-state index in [2.05, 4.69) is 0 Å². The van der Waals surface area contributed by atoms with Gasteiger partial charge in [0.2, 0.25) is 0 Å². The second-order valence-electron chi connectivity index (χ2n) is 2.44. The number of ketones is 1. The summed E-state index contributed by atoms with van der Waals surface area (Å²) in [5, 5.41) is 8.22. The van der Waals surface area contributed by atoms with Crippen LogP contribution >= 0.6 is 11.6 Å². The molecule has 0 aromatic heterocycles. The van der Waals surface area contributed by atoms with Gasteiger partial charge in [-0.3, -0.25) is 4.79 Å². The van der Waals surface area contributed by atoms with Crippen LogP contribution in [-0.2, 0) is 0 Å². The zero-order valence-corrected chi connectivity index (χ0v) is 7.32. The van der Waals surface area contributed by atoms with Gasteiger partial charge in [-0.25, -0.2) is 8.78 Å². The molecule has 0 amide bonds. The summed E-state index contributed by atoms with van der Waals surface area (Å²) < 4.78 is 25.9. The van der Waals surface area contributed by atoms with Crippen molar-refractivity contribution >= 4 is 17.4 Å². The zero-order valence-electron chi connectivity index (χ0n) is 6.57. The predicted octanol–water partition coefficient (Wildman–Crippen LogP) is 2.53. The molecule has 0 fully saturated rings. The first-order chi connectivity index (χ1) is 5.95. The molecule has 1 N–H and O–H groups in total. The number of benzene rings is 1. The highest BCUT2D eigenvalue weighted by Crippen LogP contribution is 2.30. The maximum Gasteiger partial charge on any atom is 0.165 e. The SMILES string of the molecule is CC(=O)c1c(F)cc(O)c(Cl)c1F. The third-order valence-electron chi connectivity index (χ3n) is 1.49. The summed E-state index contributed by atoms with van der Waals surface area (Å²) in [5.41, 5.74) is -0.734. The van der Waals surface area contributed by atoms with Crippen LogP contribution in [0.2, 0.25) is 5.02 Å². The molecule has 13 heavy (non-hydrogen) atoms. The van der Waals surface area contributed by atoms with Gasteiger partial charge in [-0.15, -0.1) is 0 Å². The third-order valence-corrected chi connectivity index (χ3v) is 1.85. The topological polar surface area (TPSA) is 37.3 Å². The minimum Gasteiger partial charge on any atom is -0.506 e. The van der Waals surface area contributed by atoms with Gasteiger partial charge in [0.1, 0.15) is 16.6 Å². The largest absolute Gasteiger partial charge is 0.506 e. The Balaban J connectivity index is 3.53. The smallest absolute Gasteiger partial charge is 0.165 e. The van der Waals surface area contributed by atoms with Crippen molar-refractivity contribution in [2.45, 2.75) is 6.92 Å². The van der Waals surface area contributed by atoms with Crippen molar-refractivity contribution in [3.05, 3.63) is 28.3 Å². The van der Waals surface area contributed by atoms with Crippen molar-refractivity contribution in [2.75, 3.05) is 0 Å². The minimum absolute atomic E-state index is 0.599. The molecule has 0 bridgehead atoms. The molecular formula is C8H5ClF2O2. The Bertz CT molecular complexity index is 377. The molecule has 0 radical (unpaired) electrons. The van der Waals surface area contributed by atoms with Gasteiger partial charge in [-0.1, -0.05) is 11.6 Å². The average Bonchev–Trinajstić information content (AvgIpc) is 1.99. The van der Waals surface area contributed by atoms with E-state index in [0.717, 1.165) is 6.92 Å². The molecule has 0 aliphatic heterocycles. The van der Waals surface area contributed by atoms with Crippen LogP contribution in [0.4, 0.5) is 8.78 Å². The molecule has 0 unspecified atom stereocenters. The Morgan fingerprint density at radius 3 is 2.54 bits per heavy atom. The highest BCUT2D eigenvalue weighted by molar-refractivity contribution is 6.32. The second-order valence-corrected chi connectivity index (χ2v) is 2.81. The normalized spacial score (nSPS) is 10.2. The van der Waals surface area contributed by atoms with Gasteiger partial charge in [0.15, 0.2) is 11.6 Å². The molecule has 5 heteroatoms. The van der Waals surface area contributed by atoms with E-state index in [9.17, 15) is 13.6 Å². The van der Waals surface area contributed by atoms with E-state index in [4.69, 9.17) is 16.7 Å². The summed E-state index contributed by atoms with van der Waals surface area (Å²) in [6.07, 6.45) is 0. The Morgan fingerprint density at radius 2 is 2.08 bits per heavy atom. The van der Waals surface area contributed by atoms with E-state index in [1.54, 1.807) is 0 Å². The molecule has 1 rings (SSSR count). The van der Waals surface area contributed by atoms with Gasteiger partial charge in [-0.2, -0.15) is 0 Å². The van der Waals surface area contributed by atoms with Gasteiger partial charge in [-0.05, 0) is 6.92 Å². The van der Waals surface area contributed by atoms with Crippen LogP contribution in [0, 0.1) is 11.6 Å². The highest BCUT2D eigenvalue weighted by Gasteiger charge is 2.19. The Labute approximate surface area is 77.8 Å². The fourth-order valence-corrected chi connectivity index (χ4v) is 1.05. The summed E-state index contributed by atoms with van der Waals surface area (Å²) in [4.78, 5) is 10.7. The monoisotopic (exact) mass is 206 g/mol. The lowest BCUT2D eigenvalue weighted by atomic mass is 10.1. The lowest BCUT2D eigenvalue weighted by Gasteiger charge is -2.04. The molecule has 0 atom stereocenters. The molecule has 0 saturated heterocycles. The van der Waals surface area contributed by atoms with Crippen LogP contribution in [0.5, 0.6) is 5.75 Å². The van der Waals surface area contributed by atoms with Crippen molar-refractivity contribution in [3.8, 4) is 5.75 Å². The predicted molar refractivity (Wildman–Crippen MR) is 43.0 cm³/mol. The first kappa shape index (κ1) is 9.92. The summed E-state index contributed by atoms with van der Waals surface area (Å²) in [6, 6.07) is 0.599. The van der Waals surface area contributed by atoms with Gasteiger partial charge in [0, 0.05) is 6.07 Å². The number of halogens is 3. The molecule has 0 spiro atoms. The first-order valence-corrected chi connectivity index (χ1v) is 3.70. The number of hydrogen-bond acceptors (Lipinski definition) is 2. The summed E-state index contributed by atoms with van der Waals surface area (Å²) in [5.74, 6) is -3.85. The Morgan fingerprint density at radius 1 is 1.54 bits per heavy atom. The van der Waals surface area contributed by atoms with E-state index in [-0.39, 0.29) is 0 Å². The third kappa shape index (κ3) is 1.62. The van der Waals surface area contributed by atoms with E-state index in [1.807, 2.05) is 0 Å². The number of hydrogen-bond donors (Lipinski definition) is 1. The van der Waals surface area contributed by atoms with Crippen LogP contribution in [0.15, 0.2) is 6.07 Å². The Kier molecular flexibility index (Phi) is 2.52. The maximum absolute atomic E-state index is 13.0. The summed E-state index contributed by atoms with van der Waals surface area (Å²) >= 11 is 5.25. The number of aromatic hydroxyl groups is 1. The molecule has 70 valence electrons. The van der Waals surface area contributed by atoms with Crippen LogP contribution in [-0.4, -0.2) is 10.9 Å². The first-order valence-electron chi connectivity index (χ1n) is 3.32. The van der Waals surface area contributed by atoms with Crippen molar-refractivity contribution in [2.24, 2.45) is 0 Å². The van der Waals surface area contributed by atoms with E-state index >= 15 is 0 Å². The maximum atomic E-state index is 13.0. The number of Topliss-reactive ketones (excluding diaryl/α,β-unsaturated/α-hetero) is 1. The molecule has 0 aliphatic rings. The molecular weight excluding hydrogens is 202 g/mol. The van der Waals surface area contributed by atoms with Gasteiger partial charge in [0.25, 0.3) is 0 Å². The molecule has 1 aromatic carbocycles. The van der Waals surface area contributed by atoms with E-state index in [1.165, 1.54) is 0 Å².